The second-order valence-electron chi connectivity index (χ2n) is 3.55. The number of nitrogens with zero attached hydrogens (tertiary/aromatic N) is 2. The Bertz CT molecular complexity index is 316. The maximum atomic E-state index is 5.63. The van der Waals surface area contributed by atoms with Gasteiger partial charge in [0.05, 0.1) is 12.7 Å². The monoisotopic (exact) mass is 193 g/mol. The summed E-state index contributed by atoms with van der Waals surface area (Å²) in [5.74, 6) is 1.52. The van der Waals surface area contributed by atoms with Crippen LogP contribution < -0.4 is 10.6 Å². The van der Waals surface area contributed by atoms with Crippen LogP contribution >= 0.6 is 0 Å². The molecule has 2 N–H and O–H groups in total. The van der Waals surface area contributed by atoms with Crippen LogP contribution in [0.5, 0.6) is 0 Å². The number of nitrogens with two attached hydrogens (primary N) is 1. The van der Waals surface area contributed by atoms with Crippen LogP contribution in [-0.2, 0) is 4.74 Å². The van der Waals surface area contributed by atoms with Crippen molar-refractivity contribution in [2.24, 2.45) is 0 Å². The molecule has 1 fully saturated rings. The van der Waals surface area contributed by atoms with Crippen molar-refractivity contribution in [2.75, 3.05) is 30.3 Å². The van der Waals surface area contributed by atoms with E-state index in [2.05, 4.69) is 16.8 Å². The van der Waals surface area contributed by atoms with Crippen LogP contribution in [0.25, 0.3) is 0 Å². The first-order chi connectivity index (χ1) is 6.75. The summed E-state index contributed by atoms with van der Waals surface area (Å²) in [5.41, 5.74) is 5.63. The molecule has 1 aliphatic rings. The Morgan fingerprint density at radius 2 is 2.43 bits per heavy atom. The number of rotatable bonds is 1. The molecular formula is C10H15N3O. The number of anilines is 2. The van der Waals surface area contributed by atoms with Crippen molar-refractivity contribution >= 4 is 11.6 Å². The van der Waals surface area contributed by atoms with E-state index >= 15 is 0 Å². The fourth-order valence-corrected chi connectivity index (χ4v) is 1.64. The number of ether oxygens (including phenoxy) is 1. The molecule has 1 atom stereocenters. The van der Waals surface area contributed by atoms with Gasteiger partial charge in [-0.05, 0) is 19.1 Å². The third-order valence-electron chi connectivity index (χ3n) is 2.32. The lowest BCUT2D eigenvalue weighted by atomic mass is 10.3. The normalized spacial score (nSPS) is 22.4. The highest BCUT2D eigenvalue weighted by Gasteiger charge is 2.17. The molecule has 4 nitrogen and oxygen atoms in total. The average molecular weight is 193 g/mol. The summed E-state index contributed by atoms with van der Waals surface area (Å²) in [5, 5.41) is 0. The summed E-state index contributed by atoms with van der Waals surface area (Å²) < 4.78 is 5.46. The van der Waals surface area contributed by atoms with E-state index in [-0.39, 0.29) is 6.10 Å². The highest BCUT2D eigenvalue weighted by molar-refractivity contribution is 5.45. The van der Waals surface area contributed by atoms with Crippen molar-refractivity contribution in [3.63, 3.8) is 0 Å². The minimum atomic E-state index is 0.270. The van der Waals surface area contributed by atoms with Crippen LogP contribution in [0.3, 0.4) is 0 Å². The summed E-state index contributed by atoms with van der Waals surface area (Å²) in [4.78, 5) is 6.48. The molecule has 0 bridgehead atoms. The molecule has 1 aliphatic heterocycles. The zero-order chi connectivity index (χ0) is 9.97. The van der Waals surface area contributed by atoms with E-state index in [1.165, 1.54) is 0 Å². The second-order valence-corrected chi connectivity index (χ2v) is 3.55. The Morgan fingerprint density at radius 1 is 1.57 bits per heavy atom. The minimum absolute atomic E-state index is 0.270. The first kappa shape index (κ1) is 9.27. The maximum Gasteiger partial charge on any atom is 0.131 e. The highest BCUT2D eigenvalue weighted by Crippen LogP contribution is 2.15. The van der Waals surface area contributed by atoms with Crippen molar-refractivity contribution in [1.29, 1.82) is 0 Å². The predicted octanol–water partition coefficient (Wildman–Crippen LogP) is 0.889. The molecule has 14 heavy (non-hydrogen) atoms. The van der Waals surface area contributed by atoms with Crippen molar-refractivity contribution < 1.29 is 4.74 Å². The van der Waals surface area contributed by atoms with E-state index in [4.69, 9.17) is 10.5 Å². The predicted molar refractivity (Wildman–Crippen MR) is 56.3 cm³/mol. The van der Waals surface area contributed by atoms with Gasteiger partial charge in [-0.1, -0.05) is 6.07 Å². The first-order valence-electron chi connectivity index (χ1n) is 4.85. The fourth-order valence-electron chi connectivity index (χ4n) is 1.64. The van der Waals surface area contributed by atoms with Gasteiger partial charge in [-0.15, -0.1) is 0 Å². The molecule has 1 saturated heterocycles. The van der Waals surface area contributed by atoms with Gasteiger partial charge in [0, 0.05) is 13.1 Å². The van der Waals surface area contributed by atoms with Crippen LogP contribution in [0.4, 0.5) is 11.6 Å². The van der Waals surface area contributed by atoms with E-state index in [0.29, 0.717) is 5.82 Å². The number of morpholine rings is 1. The first-order valence-corrected chi connectivity index (χ1v) is 4.85. The molecule has 2 heterocycles. The van der Waals surface area contributed by atoms with E-state index in [1.54, 1.807) is 6.07 Å². The Labute approximate surface area is 83.7 Å². The quantitative estimate of drug-likeness (QED) is 0.719. The molecule has 1 aromatic heterocycles. The number of aromatic nitrogens is 1. The van der Waals surface area contributed by atoms with Gasteiger partial charge in [0.25, 0.3) is 0 Å². The van der Waals surface area contributed by atoms with E-state index in [0.717, 1.165) is 25.5 Å². The smallest absolute Gasteiger partial charge is 0.131 e. The molecule has 4 heteroatoms. The zero-order valence-corrected chi connectivity index (χ0v) is 8.31. The standard InChI is InChI=1S/C10H15N3O/c1-8-7-13(5-6-14-8)10-4-2-3-9(11)12-10/h2-4,8H,5-7H2,1H3,(H2,11,12)/t8-/m1/s1. The lowest BCUT2D eigenvalue weighted by Gasteiger charge is -2.32. The number of pyridine rings is 1. The van der Waals surface area contributed by atoms with Crippen LogP contribution in [-0.4, -0.2) is 30.8 Å². The molecule has 2 rings (SSSR count). The number of hydrogen-bond acceptors (Lipinski definition) is 4. The fraction of sp³-hybridized carbons (Fsp3) is 0.500. The average Bonchev–Trinajstić information content (AvgIpc) is 2.18. The molecular weight excluding hydrogens is 178 g/mol. The number of nitrogen functional groups attached to an aromatic ring is 1. The van der Waals surface area contributed by atoms with E-state index < -0.39 is 0 Å². The van der Waals surface area contributed by atoms with Crippen LogP contribution in [0.15, 0.2) is 18.2 Å². The van der Waals surface area contributed by atoms with Crippen molar-refractivity contribution in [1.82, 2.24) is 4.98 Å². The van der Waals surface area contributed by atoms with E-state index in [9.17, 15) is 0 Å². The lowest BCUT2D eigenvalue weighted by molar-refractivity contribution is 0.0529. The van der Waals surface area contributed by atoms with Crippen molar-refractivity contribution in [3.8, 4) is 0 Å². The molecule has 0 spiro atoms. The van der Waals surface area contributed by atoms with Gasteiger partial charge < -0.3 is 15.4 Å². The second kappa shape index (κ2) is 3.84. The SMILES string of the molecule is C[C@@H]1CN(c2cccc(N)n2)CCO1. The van der Waals surface area contributed by atoms with Crippen LogP contribution in [0.2, 0.25) is 0 Å². The summed E-state index contributed by atoms with van der Waals surface area (Å²) in [6.07, 6.45) is 0.270. The van der Waals surface area contributed by atoms with Gasteiger partial charge in [0.15, 0.2) is 0 Å². The third kappa shape index (κ3) is 1.96. The Balaban J connectivity index is 2.14. The number of hydrogen-bond donors (Lipinski definition) is 1. The van der Waals surface area contributed by atoms with Gasteiger partial charge in [0.2, 0.25) is 0 Å². The van der Waals surface area contributed by atoms with E-state index in [1.807, 2.05) is 12.1 Å². The molecule has 1 aromatic rings. The van der Waals surface area contributed by atoms with Crippen molar-refractivity contribution in [2.45, 2.75) is 13.0 Å². The third-order valence-corrected chi connectivity index (χ3v) is 2.32. The topological polar surface area (TPSA) is 51.4 Å². The summed E-state index contributed by atoms with van der Waals surface area (Å²) in [7, 11) is 0. The Hall–Kier alpha value is -1.29. The van der Waals surface area contributed by atoms with Gasteiger partial charge in [-0.3, -0.25) is 0 Å². The molecule has 0 aromatic carbocycles. The van der Waals surface area contributed by atoms with Crippen LogP contribution in [0.1, 0.15) is 6.92 Å². The van der Waals surface area contributed by atoms with Gasteiger partial charge in [-0.2, -0.15) is 0 Å². The Kier molecular flexibility index (Phi) is 2.54. The summed E-state index contributed by atoms with van der Waals surface area (Å²) in [6, 6.07) is 5.71. The molecule has 76 valence electrons. The summed E-state index contributed by atoms with van der Waals surface area (Å²) >= 11 is 0. The molecule has 0 radical (unpaired) electrons. The van der Waals surface area contributed by atoms with Gasteiger partial charge in [-0.25, -0.2) is 4.98 Å². The van der Waals surface area contributed by atoms with Gasteiger partial charge in [0.1, 0.15) is 11.6 Å². The molecule has 0 unspecified atom stereocenters. The highest BCUT2D eigenvalue weighted by atomic mass is 16.5. The molecule has 0 aliphatic carbocycles. The zero-order valence-electron chi connectivity index (χ0n) is 8.31. The van der Waals surface area contributed by atoms with Gasteiger partial charge >= 0.3 is 0 Å². The minimum Gasteiger partial charge on any atom is -0.384 e. The van der Waals surface area contributed by atoms with Crippen LogP contribution in [0, 0.1) is 0 Å². The lowest BCUT2D eigenvalue weighted by Crippen LogP contribution is -2.41. The van der Waals surface area contributed by atoms with Crippen molar-refractivity contribution in [3.05, 3.63) is 18.2 Å². The maximum absolute atomic E-state index is 5.63. The molecule has 0 saturated carbocycles. The molecule has 0 amide bonds. The Morgan fingerprint density at radius 3 is 3.14 bits per heavy atom. The summed E-state index contributed by atoms with van der Waals surface area (Å²) in [6.45, 7) is 4.60. The largest absolute Gasteiger partial charge is 0.384 e.